The zero-order chi connectivity index (χ0) is 15.6. The summed E-state index contributed by atoms with van der Waals surface area (Å²) in [5, 5.41) is 0. The maximum absolute atomic E-state index is 12.6. The molecule has 3 heteroatoms. The summed E-state index contributed by atoms with van der Waals surface area (Å²) < 4.78 is 6.07. The Morgan fingerprint density at radius 2 is 1.81 bits per heavy atom. The quantitative estimate of drug-likeness (QED) is 0.672. The Balaban J connectivity index is 2.04. The van der Waals surface area contributed by atoms with Crippen molar-refractivity contribution in [2.75, 3.05) is 7.11 Å². The Morgan fingerprint density at radius 1 is 1.19 bits per heavy atom. The van der Waals surface area contributed by atoms with Gasteiger partial charge in [0.1, 0.15) is 5.75 Å². The highest BCUT2D eigenvalue weighted by molar-refractivity contribution is 9.10. The minimum atomic E-state index is 0.184. The molecule has 1 saturated carbocycles. The molecule has 0 heterocycles. The number of methoxy groups -OCH3 is 1. The number of carbonyl (C=O) groups is 1. The minimum absolute atomic E-state index is 0.184. The zero-order valence-corrected chi connectivity index (χ0v) is 15.0. The van der Waals surface area contributed by atoms with Gasteiger partial charge in [-0.1, -0.05) is 20.8 Å². The maximum atomic E-state index is 12.6. The molecule has 116 valence electrons. The lowest BCUT2D eigenvalue weighted by Gasteiger charge is -2.36. The standard InChI is InChI=1S/C18H25BrO2/c1-18(2,3)14-8-5-12(6-9-14)17(20)13-7-10-16(21-4)15(19)11-13/h7,10-12,14H,5-6,8-9H2,1-4H3. The van der Waals surface area contributed by atoms with Gasteiger partial charge in [0.15, 0.2) is 5.78 Å². The lowest BCUT2D eigenvalue weighted by molar-refractivity contribution is 0.0819. The first-order valence-electron chi connectivity index (χ1n) is 7.70. The summed E-state index contributed by atoms with van der Waals surface area (Å²) in [4.78, 5) is 12.6. The fourth-order valence-corrected chi connectivity index (χ4v) is 3.82. The first kappa shape index (κ1) is 16.5. The maximum Gasteiger partial charge on any atom is 0.165 e. The summed E-state index contributed by atoms with van der Waals surface area (Å²) in [7, 11) is 1.63. The number of Topliss-reactive ketones (excluding diaryl/α,β-unsaturated/α-hetero) is 1. The SMILES string of the molecule is COc1ccc(C(=O)C2CCC(C(C)(C)C)CC2)cc1Br. The summed E-state index contributed by atoms with van der Waals surface area (Å²) in [6.45, 7) is 6.92. The van der Waals surface area contributed by atoms with Gasteiger partial charge in [0.05, 0.1) is 11.6 Å². The van der Waals surface area contributed by atoms with Crippen LogP contribution in [0.4, 0.5) is 0 Å². The number of rotatable bonds is 3. The van der Waals surface area contributed by atoms with Crippen LogP contribution < -0.4 is 4.74 Å². The molecule has 2 nitrogen and oxygen atoms in total. The minimum Gasteiger partial charge on any atom is -0.496 e. The van der Waals surface area contributed by atoms with Crippen LogP contribution in [0.2, 0.25) is 0 Å². The second-order valence-corrected chi connectivity index (χ2v) is 7.98. The Labute approximate surface area is 136 Å². The van der Waals surface area contributed by atoms with Gasteiger partial charge in [0, 0.05) is 11.5 Å². The third-order valence-corrected chi connectivity index (χ3v) is 5.38. The Morgan fingerprint density at radius 3 is 2.29 bits per heavy atom. The molecule has 21 heavy (non-hydrogen) atoms. The normalized spacial score (nSPS) is 22.9. The smallest absolute Gasteiger partial charge is 0.165 e. The molecule has 0 aromatic heterocycles. The van der Waals surface area contributed by atoms with Crippen LogP contribution in [0.15, 0.2) is 22.7 Å². The monoisotopic (exact) mass is 352 g/mol. The van der Waals surface area contributed by atoms with E-state index in [0.29, 0.717) is 5.41 Å². The van der Waals surface area contributed by atoms with Crippen LogP contribution in [0.5, 0.6) is 5.75 Å². The topological polar surface area (TPSA) is 26.3 Å². The van der Waals surface area contributed by atoms with Gasteiger partial charge in [0.2, 0.25) is 0 Å². The molecule has 1 aromatic carbocycles. The molecule has 2 rings (SSSR count). The van der Waals surface area contributed by atoms with Gasteiger partial charge in [-0.25, -0.2) is 0 Å². The summed E-state index contributed by atoms with van der Waals surface area (Å²) in [6, 6.07) is 5.62. The first-order chi connectivity index (χ1) is 9.82. The summed E-state index contributed by atoms with van der Waals surface area (Å²) in [5.74, 6) is 1.97. The van der Waals surface area contributed by atoms with Crippen LogP contribution in [-0.2, 0) is 0 Å². The third kappa shape index (κ3) is 3.88. The van der Waals surface area contributed by atoms with E-state index in [1.54, 1.807) is 7.11 Å². The van der Waals surface area contributed by atoms with Crippen LogP contribution in [-0.4, -0.2) is 12.9 Å². The van der Waals surface area contributed by atoms with Gasteiger partial charge in [-0.3, -0.25) is 4.79 Å². The molecular formula is C18H25BrO2. The van der Waals surface area contributed by atoms with Crippen molar-refractivity contribution in [2.24, 2.45) is 17.3 Å². The molecule has 0 bridgehead atoms. The van der Waals surface area contributed by atoms with Crippen molar-refractivity contribution in [1.82, 2.24) is 0 Å². The second-order valence-electron chi connectivity index (χ2n) is 7.13. The largest absolute Gasteiger partial charge is 0.496 e. The number of ether oxygens (including phenoxy) is 1. The Hall–Kier alpha value is -0.830. The number of benzene rings is 1. The highest BCUT2D eigenvalue weighted by atomic mass is 79.9. The Bertz CT molecular complexity index is 508. The van der Waals surface area contributed by atoms with E-state index in [1.165, 1.54) is 0 Å². The van der Waals surface area contributed by atoms with Gasteiger partial charge in [-0.05, 0) is 71.1 Å². The molecule has 0 N–H and O–H groups in total. The van der Waals surface area contributed by atoms with Crippen molar-refractivity contribution in [3.05, 3.63) is 28.2 Å². The molecular weight excluding hydrogens is 328 g/mol. The fraction of sp³-hybridized carbons (Fsp3) is 0.611. The molecule has 1 aromatic rings. The number of hydrogen-bond donors (Lipinski definition) is 0. The van der Waals surface area contributed by atoms with Crippen LogP contribution in [0.3, 0.4) is 0 Å². The number of ketones is 1. The van der Waals surface area contributed by atoms with Crippen LogP contribution in [0, 0.1) is 17.3 Å². The van der Waals surface area contributed by atoms with Gasteiger partial charge >= 0.3 is 0 Å². The molecule has 0 unspecified atom stereocenters. The average Bonchev–Trinajstić information content (AvgIpc) is 2.45. The zero-order valence-electron chi connectivity index (χ0n) is 13.4. The van der Waals surface area contributed by atoms with Crippen LogP contribution in [0.1, 0.15) is 56.8 Å². The lowest BCUT2D eigenvalue weighted by Crippen LogP contribution is -2.28. The molecule has 0 atom stereocenters. The van der Waals surface area contributed by atoms with Crippen molar-refractivity contribution in [3.8, 4) is 5.75 Å². The lowest BCUT2D eigenvalue weighted by atomic mass is 9.69. The predicted molar refractivity (Wildman–Crippen MR) is 89.9 cm³/mol. The Kier molecular flexibility index (Phi) is 5.13. The molecule has 0 amide bonds. The van der Waals surface area contributed by atoms with Crippen molar-refractivity contribution in [3.63, 3.8) is 0 Å². The molecule has 1 fully saturated rings. The number of halogens is 1. The van der Waals surface area contributed by atoms with E-state index >= 15 is 0 Å². The molecule has 0 saturated heterocycles. The van der Waals surface area contributed by atoms with Crippen LogP contribution in [0.25, 0.3) is 0 Å². The average molecular weight is 353 g/mol. The predicted octanol–water partition coefficient (Wildman–Crippen LogP) is 5.49. The third-order valence-electron chi connectivity index (χ3n) is 4.76. The first-order valence-corrected chi connectivity index (χ1v) is 8.50. The van der Waals surface area contributed by atoms with E-state index in [9.17, 15) is 4.79 Å². The molecule has 1 aliphatic rings. The van der Waals surface area contributed by atoms with Crippen molar-refractivity contribution >= 4 is 21.7 Å². The van der Waals surface area contributed by atoms with Crippen molar-refractivity contribution in [2.45, 2.75) is 46.5 Å². The van der Waals surface area contributed by atoms with Gasteiger partial charge in [0.25, 0.3) is 0 Å². The van der Waals surface area contributed by atoms with E-state index < -0.39 is 0 Å². The van der Waals surface area contributed by atoms with E-state index in [4.69, 9.17) is 4.74 Å². The highest BCUT2D eigenvalue weighted by Gasteiger charge is 2.32. The van der Waals surface area contributed by atoms with E-state index in [0.717, 1.165) is 47.4 Å². The van der Waals surface area contributed by atoms with E-state index in [2.05, 4.69) is 36.7 Å². The van der Waals surface area contributed by atoms with Gasteiger partial charge < -0.3 is 4.74 Å². The summed E-state index contributed by atoms with van der Waals surface area (Å²) in [5.41, 5.74) is 1.15. The van der Waals surface area contributed by atoms with Gasteiger partial charge in [-0.15, -0.1) is 0 Å². The summed E-state index contributed by atoms with van der Waals surface area (Å²) >= 11 is 3.46. The van der Waals surface area contributed by atoms with Crippen molar-refractivity contribution in [1.29, 1.82) is 0 Å². The summed E-state index contributed by atoms with van der Waals surface area (Å²) in [6.07, 6.45) is 4.36. The molecule has 1 aliphatic carbocycles. The molecule has 0 radical (unpaired) electrons. The number of carbonyl (C=O) groups excluding carboxylic acids is 1. The van der Waals surface area contributed by atoms with E-state index in [-0.39, 0.29) is 11.7 Å². The van der Waals surface area contributed by atoms with Gasteiger partial charge in [-0.2, -0.15) is 0 Å². The second kappa shape index (κ2) is 6.51. The van der Waals surface area contributed by atoms with E-state index in [1.807, 2.05) is 18.2 Å². The number of hydrogen-bond acceptors (Lipinski definition) is 2. The molecule has 0 spiro atoms. The highest BCUT2D eigenvalue weighted by Crippen LogP contribution is 2.41. The van der Waals surface area contributed by atoms with Crippen molar-refractivity contribution < 1.29 is 9.53 Å². The van der Waals surface area contributed by atoms with Crippen LogP contribution >= 0.6 is 15.9 Å². The fourth-order valence-electron chi connectivity index (χ4n) is 3.28. The molecule has 0 aliphatic heterocycles.